The van der Waals surface area contributed by atoms with Crippen LogP contribution in [0.25, 0.3) is 0 Å². The van der Waals surface area contributed by atoms with Crippen LogP contribution in [-0.2, 0) is 0 Å². The predicted octanol–water partition coefficient (Wildman–Crippen LogP) is 1.25. The summed E-state index contributed by atoms with van der Waals surface area (Å²) in [6.45, 7) is 5.48. The highest BCUT2D eigenvalue weighted by molar-refractivity contribution is 4.86. The SMILES string of the molecule is CCCC(C)(O)CNC1CCCC1CN. The van der Waals surface area contributed by atoms with E-state index in [1.165, 1.54) is 19.3 Å². The van der Waals surface area contributed by atoms with Crippen LogP contribution < -0.4 is 11.1 Å². The van der Waals surface area contributed by atoms with Crippen LogP contribution in [0, 0.1) is 5.92 Å². The van der Waals surface area contributed by atoms with Crippen LogP contribution in [0.2, 0.25) is 0 Å². The molecule has 3 nitrogen and oxygen atoms in total. The zero-order valence-corrected chi connectivity index (χ0v) is 10.1. The molecule has 4 N–H and O–H groups in total. The molecule has 0 spiro atoms. The highest BCUT2D eigenvalue weighted by Gasteiger charge is 2.28. The Hall–Kier alpha value is -0.120. The Labute approximate surface area is 93.4 Å². The zero-order chi connectivity index (χ0) is 11.3. The first-order chi connectivity index (χ1) is 7.09. The second kappa shape index (κ2) is 5.83. The lowest BCUT2D eigenvalue weighted by Gasteiger charge is -2.27. The van der Waals surface area contributed by atoms with Gasteiger partial charge in [-0.25, -0.2) is 0 Å². The number of nitrogens with two attached hydrogens (primary N) is 1. The smallest absolute Gasteiger partial charge is 0.0743 e. The van der Waals surface area contributed by atoms with Crippen molar-refractivity contribution in [1.29, 1.82) is 0 Å². The fraction of sp³-hybridized carbons (Fsp3) is 1.00. The van der Waals surface area contributed by atoms with Gasteiger partial charge < -0.3 is 16.2 Å². The summed E-state index contributed by atoms with van der Waals surface area (Å²) in [6, 6.07) is 0.526. The number of aliphatic hydroxyl groups is 1. The van der Waals surface area contributed by atoms with E-state index in [0.29, 0.717) is 18.5 Å². The molecule has 0 amide bonds. The molecule has 1 aliphatic rings. The number of nitrogens with one attached hydrogen (secondary N) is 1. The van der Waals surface area contributed by atoms with Crippen LogP contribution in [0.4, 0.5) is 0 Å². The first-order valence-corrected chi connectivity index (χ1v) is 6.25. The molecule has 1 saturated carbocycles. The van der Waals surface area contributed by atoms with Gasteiger partial charge in [0.2, 0.25) is 0 Å². The summed E-state index contributed by atoms with van der Waals surface area (Å²) in [5.41, 5.74) is 5.16. The molecule has 3 unspecified atom stereocenters. The molecule has 0 saturated heterocycles. The van der Waals surface area contributed by atoms with Crippen molar-refractivity contribution >= 4 is 0 Å². The van der Waals surface area contributed by atoms with Gasteiger partial charge in [0.05, 0.1) is 5.60 Å². The van der Waals surface area contributed by atoms with Crippen LogP contribution in [-0.4, -0.2) is 29.8 Å². The summed E-state index contributed by atoms with van der Waals surface area (Å²) in [5, 5.41) is 13.5. The number of rotatable bonds is 6. The maximum atomic E-state index is 10.0. The lowest BCUT2D eigenvalue weighted by Crippen LogP contribution is -2.45. The highest BCUT2D eigenvalue weighted by Crippen LogP contribution is 2.25. The maximum absolute atomic E-state index is 10.0. The minimum Gasteiger partial charge on any atom is -0.389 e. The van der Waals surface area contributed by atoms with Gasteiger partial charge in [-0.2, -0.15) is 0 Å². The van der Waals surface area contributed by atoms with Gasteiger partial charge in [-0.05, 0) is 38.6 Å². The summed E-state index contributed by atoms with van der Waals surface area (Å²) < 4.78 is 0. The van der Waals surface area contributed by atoms with Crippen LogP contribution in [0.15, 0.2) is 0 Å². The molecular formula is C12H26N2O. The number of hydrogen-bond donors (Lipinski definition) is 3. The minimum absolute atomic E-state index is 0.526. The highest BCUT2D eigenvalue weighted by atomic mass is 16.3. The van der Waals surface area contributed by atoms with Crippen molar-refractivity contribution in [3.63, 3.8) is 0 Å². The van der Waals surface area contributed by atoms with Crippen molar-refractivity contribution in [2.24, 2.45) is 11.7 Å². The lowest BCUT2D eigenvalue weighted by molar-refractivity contribution is 0.0459. The lowest BCUT2D eigenvalue weighted by atomic mass is 9.98. The number of hydrogen-bond acceptors (Lipinski definition) is 3. The maximum Gasteiger partial charge on any atom is 0.0743 e. The predicted molar refractivity (Wildman–Crippen MR) is 63.7 cm³/mol. The van der Waals surface area contributed by atoms with E-state index >= 15 is 0 Å². The summed E-state index contributed by atoms with van der Waals surface area (Å²) in [6.07, 6.45) is 5.61. The van der Waals surface area contributed by atoms with Crippen molar-refractivity contribution in [2.75, 3.05) is 13.1 Å². The van der Waals surface area contributed by atoms with E-state index in [1.54, 1.807) is 0 Å². The Morgan fingerprint density at radius 2 is 2.20 bits per heavy atom. The van der Waals surface area contributed by atoms with Gasteiger partial charge in [-0.1, -0.05) is 19.8 Å². The first kappa shape index (κ1) is 12.9. The van der Waals surface area contributed by atoms with Crippen molar-refractivity contribution < 1.29 is 5.11 Å². The third kappa shape index (κ3) is 4.09. The Kier molecular flexibility index (Phi) is 5.03. The average Bonchev–Trinajstić information content (AvgIpc) is 2.62. The van der Waals surface area contributed by atoms with E-state index in [2.05, 4.69) is 12.2 Å². The summed E-state index contributed by atoms with van der Waals surface area (Å²) in [4.78, 5) is 0. The topological polar surface area (TPSA) is 58.3 Å². The molecule has 3 heteroatoms. The summed E-state index contributed by atoms with van der Waals surface area (Å²) in [5.74, 6) is 0.613. The Morgan fingerprint density at radius 3 is 2.80 bits per heavy atom. The van der Waals surface area contributed by atoms with Crippen LogP contribution in [0.3, 0.4) is 0 Å². The summed E-state index contributed by atoms with van der Waals surface area (Å²) >= 11 is 0. The summed E-state index contributed by atoms with van der Waals surface area (Å²) in [7, 11) is 0. The second-order valence-corrected chi connectivity index (χ2v) is 5.16. The van der Waals surface area contributed by atoms with Gasteiger partial charge in [0.15, 0.2) is 0 Å². The molecule has 0 aromatic rings. The molecule has 1 rings (SSSR count). The van der Waals surface area contributed by atoms with Crippen molar-refractivity contribution in [1.82, 2.24) is 5.32 Å². The third-order valence-corrected chi connectivity index (χ3v) is 3.50. The standard InChI is InChI=1S/C12H26N2O/c1-3-7-12(2,15)9-14-11-6-4-5-10(11)8-13/h10-11,14-15H,3-9,13H2,1-2H3. The van der Waals surface area contributed by atoms with Gasteiger partial charge in [-0.15, -0.1) is 0 Å². The van der Waals surface area contributed by atoms with Crippen LogP contribution >= 0.6 is 0 Å². The molecule has 0 aromatic heterocycles. The van der Waals surface area contributed by atoms with Gasteiger partial charge in [0, 0.05) is 12.6 Å². The Balaban J connectivity index is 2.29. The van der Waals surface area contributed by atoms with Gasteiger partial charge in [-0.3, -0.25) is 0 Å². The fourth-order valence-corrected chi connectivity index (χ4v) is 2.57. The first-order valence-electron chi connectivity index (χ1n) is 6.25. The van der Waals surface area contributed by atoms with Crippen molar-refractivity contribution in [2.45, 2.75) is 57.6 Å². The average molecular weight is 214 g/mol. The molecule has 0 bridgehead atoms. The fourth-order valence-electron chi connectivity index (χ4n) is 2.57. The molecule has 0 radical (unpaired) electrons. The molecule has 0 aliphatic heterocycles. The molecule has 1 aliphatic carbocycles. The quantitative estimate of drug-likeness (QED) is 0.624. The monoisotopic (exact) mass is 214 g/mol. The molecule has 1 fully saturated rings. The van der Waals surface area contributed by atoms with E-state index in [9.17, 15) is 5.11 Å². The molecule has 0 heterocycles. The van der Waals surface area contributed by atoms with E-state index in [1.807, 2.05) is 6.92 Å². The largest absolute Gasteiger partial charge is 0.389 e. The minimum atomic E-state index is -0.559. The van der Waals surface area contributed by atoms with Crippen LogP contribution in [0.5, 0.6) is 0 Å². The van der Waals surface area contributed by atoms with Crippen molar-refractivity contribution in [3.05, 3.63) is 0 Å². The van der Waals surface area contributed by atoms with E-state index in [4.69, 9.17) is 5.73 Å². The second-order valence-electron chi connectivity index (χ2n) is 5.16. The van der Waals surface area contributed by atoms with Crippen molar-refractivity contribution in [3.8, 4) is 0 Å². The zero-order valence-electron chi connectivity index (χ0n) is 10.1. The van der Waals surface area contributed by atoms with Gasteiger partial charge >= 0.3 is 0 Å². The molecular weight excluding hydrogens is 188 g/mol. The van der Waals surface area contributed by atoms with E-state index < -0.39 is 5.60 Å². The van der Waals surface area contributed by atoms with Gasteiger partial charge in [0.25, 0.3) is 0 Å². The molecule has 90 valence electrons. The molecule has 3 atom stereocenters. The third-order valence-electron chi connectivity index (χ3n) is 3.50. The Morgan fingerprint density at radius 1 is 1.47 bits per heavy atom. The van der Waals surface area contributed by atoms with E-state index in [0.717, 1.165) is 19.4 Å². The van der Waals surface area contributed by atoms with Gasteiger partial charge in [0.1, 0.15) is 0 Å². The molecule has 0 aromatic carbocycles. The van der Waals surface area contributed by atoms with Crippen LogP contribution in [0.1, 0.15) is 46.0 Å². The Bertz CT molecular complexity index is 182. The normalized spacial score (nSPS) is 30.4. The molecule has 15 heavy (non-hydrogen) atoms. The van der Waals surface area contributed by atoms with E-state index in [-0.39, 0.29) is 0 Å².